The number of hydrogen-bond acceptors (Lipinski definition) is 4. The monoisotopic (exact) mass is 192 g/mol. The summed E-state index contributed by atoms with van der Waals surface area (Å²) in [6, 6.07) is 0. The van der Waals surface area contributed by atoms with Gasteiger partial charge in [0.25, 0.3) is 0 Å². The van der Waals surface area contributed by atoms with E-state index in [1.54, 1.807) is 0 Å². The molecule has 0 aliphatic carbocycles. The van der Waals surface area contributed by atoms with Gasteiger partial charge < -0.3 is 9.47 Å². The lowest BCUT2D eigenvalue weighted by atomic mass is 10.5. The molecular weight excluding hydrogens is 184 g/mol. The van der Waals surface area contributed by atoms with Crippen molar-refractivity contribution in [2.45, 2.75) is 0 Å². The third-order valence-corrected chi connectivity index (χ3v) is 1.03. The Labute approximate surface area is 75.1 Å². The van der Waals surface area contributed by atoms with Crippen molar-refractivity contribution >= 4 is 23.5 Å². The minimum absolute atomic E-state index is 0.131. The number of rotatable bonds is 4. The fourth-order valence-corrected chi connectivity index (χ4v) is 0.469. The molecule has 0 N–H and O–H groups in total. The van der Waals surface area contributed by atoms with Gasteiger partial charge in [0.15, 0.2) is 0 Å². The summed E-state index contributed by atoms with van der Waals surface area (Å²) in [5.41, 5.74) is 0. The Morgan fingerprint density at radius 2 is 1.92 bits per heavy atom. The molecule has 12 heavy (non-hydrogen) atoms. The van der Waals surface area contributed by atoms with Crippen LogP contribution in [-0.2, 0) is 19.1 Å². The first kappa shape index (κ1) is 11.0. The lowest BCUT2D eigenvalue weighted by Gasteiger charge is -1.95. The number of carbonyl (C=O) groups excluding carboxylic acids is 2. The second kappa shape index (κ2) is 6.67. The molecule has 4 nitrogen and oxygen atoms in total. The fraction of sp³-hybridized carbons (Fsp3) is 0.429. The van der Waals surface area contributed by atoms with Gasteiger partial charge in [-0.05, 0) is 0 Å². The van der Waals surface area contributed by atoms with Crippen LogP contribution in [0.3, 0.4) is 0 Å². The van der Waals surface area contributed by atoms with E-state index in [9.17, 15) is 9.59 Å². The quantitative estimate of drug-likeness (QED) is 0.370. The molecule has 0 atom stereocenters. The van der Waals surface area contributed by atoms with E-state index >= 15 is 0 Å². The maximum Gasteiger partial charge on any atom is 0.331 e. The number of carbonyl (C=O) groups is 2. The van der Waals surface area contributed by atoms with Crippen LogP contribution in [0.15, 0.2) is 12.2 Å². The summed E-state index contributed by atoms with van der Waals surface area (Å²) in [7, 11) is 1.22. The molecule has 0 unspecified atom stereocenters. The molecular formula is C7H9ClO4. The van der Waals surface area contributed by atoms with E-state index in [1.807, 2.05) is 0 Å². The highest BCUT2D eigenvalue weighted by Crippen LogP contribution is 1.85. The zero-order valence-corrected chi connectivity index (χ0v) is 7.34. The smallest absolute Gasteiger partial charge is 0.331 e. The molecule has 0 radical (unpaired) electrons. The summed E-state index contributed by atoms with van der Waals surface area (Å²) in [6.45, 7) is 0.131. The molecule has 0 fully saturated rings. The van der Waals surface area contributed by atoms with Gasteiger partial charge >= 0.3 is 11.9 Å². The number of alkyl halides is 1. The second-order valence-electron chi connectivity index (χ2n) is 1.71. The fourth-order valence-electron chi connectivity index (χ4n) is 0.391. The minimum Gasteiger partial charge on any atom is -0.466 e. The van der Waals surface area contributed by atoms with E-state index in [-0.39, 0.29) is 12.5 Å². The van der Waals surface area contributed by atoms with Crippen molar-refractivity contribution in [3.8, 4) is 0 Å². The molecule has 0 aliphatic heterocycles. The summed E-state index contributed by atoms with van der Waals surface area (Å²) in [6.07, 6.45) is 1.97. The minimum atomic E-state index is -0.610. The first-order valence-electron chi connectivity index (χ1n) is 3.19. The van der Waals surface area contributed by atoms with Gasteiger partial charge in [0, 0.05) is 12.2 Å². The van der Waals surface area contributed by atoms with Gasteiger partial charge in [0.2, 0.25) is 0 Å². The van der Waals surface area contributed by atoms with Crippen LogP contribution >= 0.6 is 11.6 Å². The normalized spacial score (nSPS) is 9.83. The Hall–Kier alpha value is -1.03. The van der Waals surface area contributed by atoms with E-state index < -0.39 is 11.9 Å². The second-order valence-corrected chi connectivity index (χ2v) is 2.09. The summed E-state index contributed by atoms with van der Waals surface area (Å²) < 4.78 is 8.77. The molecule has 0 amide bonds. The summed E-state index contributed by atoms with van der Waals surface area (Å²) in [5, 5.41) is 0. The molecule has 0 aromatic carbocycles. The molecule has 0 rings (SSSR count). The Kier molecular flexibility index (Phi) is 6.09. The number of esters is 2. The molecule has 0 aromatic rings. The van der Waals surface area contributed by atoms with E-state index in [0.29, 0.717) is 0 Å². The molecule has 0 aromatic heterocycles. The third-order valence-electron chi connectivity index (χ3n) is 0.878. The topological polar surface area (TPSA) is 52.6 Å². The van der Waals surface area contributed by atoms with Gasteiger partial charge in [-0.3, -0.25) is 0 Å². The maximum absolute atomic E-state index is 10.6. The predicted molar refractivity (Wildman–Crippen MR) is 42.8 cm³/mol. The largest absolute Gasteiger partial charge is 0.466 e. The van der Waals surface area contributed by atoms with Crippen molar-refractivity contribution < 1.29 is 19.1 Å². The number of halogens is 1. The van der Waals surface area contributed by atoms with Crippen LogP contribution < -0.4 is 0 Å². The molecule has 5 heteroatoms. The summed E-state index contributed by atoms with van der Waals surface area (Å²) in [4.78, 5) is 21.1. The Morgan fingerprint density at radius 1 is 1.33 bits per heavy atom. The Bertz CT molecular complexity index is 188. The lowest BCUT2D eigenvalue weighted by Crippen LogP contribution is -2.04. The first-order valence-corrected chi connectivity index (χ1v) is 3.73. The van der Waals surface area contributed by atoms with Crippen LogP contribution in [0, 0.1) is 0 Å². The van der Waals surface area contributed by atoms with Crippen LogP contribution in [0.4, 0.5) is 0 Å². The average Bonchev–Trinajstić information content (AvgIpc) is 2.10. The van der Waals surface area contributed by atoms with Crippen LogP contribution in [0.5, 0.6) is 0 Å². The van der Waals surface area contributed by atoms with Crippen molar-refractivity contribution in [1.29, 1.82) is 0 Å². The molecule has 0 saturated heterocycles. The van der Waals surface area contributed by atoms with Gasteiger partial charge in [-0.1, -0.05) is 0 Å². The van der Waals surface area contributed by atoms with E-state index in [0.717, 1.165) is 12.2 Å². The van der Waals surface area contributed by atoms with Crippen LogP contribution in [0.25, 0.3) is 0 Å². The molecule has 0 aliphatic rings. The van der Waals surface area contributed by atoms with Gasteiger partial charge in [0.1, 0.15) is 6.61 Å². The number of ether oxygens (including phenoxy) is 2. The lowest BCUT2D eigenvalue weighted by molar-refractivity contribution is -0.138. The van der Waals surface area contributed by atoms with E-state index in [4.69, 9.17) is 11.6 Å². The SMILES string of the molecule is COC(=O)C=CC(=O)OCCCl. The van der Waals surface area contributed by atoms with Crippen LogP contribution in [-0.4, -0.2) is 31.5 Å². The van der Waals surface area contributed by atoms with Crippen molar-refractivity contribution in [2.75, 3.05) is 19.6 Å². The van der Waals surface area contributed by atoms with E-state index in [1.165, 1.54) is 7.11 Å². The molecule has 68 valence electrons. The zero-order chi connectivity index (χ0) is 9.40. The highest BCUT2D eigenvalue weighted by molar-refractivity contribution is 6.18. The van der Waals surface area contributed by atoms with Crippen molar-refractivity contribution in [2.24, 2.45) is 0 Å². The average molecular weight is 193 g/mol. The van der Waals surface area contributed by atoms with E-state index in [2.05, 4.69) is 9.47 Å². The summed E-state index contributed by atoms with van der Waals surface area (Å²) in [5.74, 6) is -0.975. The van der Waals surface area contributed by atoms with Gasteiger partial charge in [0.05, 0.1) is 13.0 Å². The highest BCUT2D eigenvalue weighted by atomic mass is 35.5. The maximum atomic E-state index is 10.6. The third kappa shape index (κ3) is 5.73. The van der Waals surface area contributed by atoms with Gasteiger partial charge in [-0.2, -0.15) is 0 Å². The zero-order valence-electron chi connectivity index (χ0n) is 6.58. The molecule has 0 heterocycles. The van der Waals surface area contributed by atoms with Crippen molar-refractivity contribution in [1.82, 2.24) is 0 Å². The van der Waals surface area contributed by atoms with Crippen molar-refractivity contribution in [3.63, 3.8) is 0 Å². The van der Waals surface area contributed by atoms with Gasteiger partial charge in [-0.25, -0.2) is 9.59 Å². The first-order chi connectivity index (χ1) is 5.70. The molecule has 0 spiro atoms. The molecule has 0 bridgehead atoms. The summed E-state index contributed by atoms with van der Waals surface area (Å²) >= 11 is 5.24. The molecule has 0 saturated carbocycles. The highest BCUT2D eigenvalue weighted by Gasteiger charge is 1.97. The Balaban J connectivity index is 3.67. The van der Waals surface area contributed by atoms with Crippen molar-refractivity contribution in [3.05, 3.63) is 12.2 Å². The Morgan fingerprint density at radius 3 is 2.42 bits per heavy atom. The van der Waals surface area contributed by atoms with Crippen LogP contribution in [0.2, 0.25) is 0 Å². The van der Waals surface area contributed by atoms with Gasteiger partial charge in [-0.15, -0.1) is 11.6 Å². The predicted octanol–water partition coefficient (Wildman–Crippen LogP) is 0.498. The standard InChI is InChI=1S/C7H9ClO4/c1-11-6(9)2-3-7(10)12-5-4-8/h2-3H,4-5H2,1H3. The number of methoxy groups -OCH3 is 1. The van der Waals surface area contributed by atoms with Crippen LogP contribution in [0.1, 0.15) is 0 Å². The number of hydrogen-bond donors (Lipinski definition) is 0.